The van der Waals surface area contributed by atoms with Gasteiger partial charge in [0.25, 0.3) is 8.32 Å². The first-order chi connectivity index (χ1) is 31.4. The molecule has 1 saturated heterocycles. The van der Waals surface area contributed by atoms with Crippen molar-refractivity contribution in [3.05, 3.63) is 209 Å². The van der Waals surface area contributed by atoms with Gasteiger partial charge in [-0.2, -0.15) is 0 Å². The van der Waals surface area contributed by atoms with Crippen LogP contribution in [0, 0.1) is 6.92 Å². The highest BCUT2D eigenvalue weighted by Gasteiger charge is 2.56. The smallest absolute Gasteiger partial charge is 0.338 e. The normalized spacial score (nSPS) is 18.6. The third-order valence-corrected chi connectivity index (χ3v) is 16.4. The fraction of sp³-hybridized carbons (Fsp3) is 0.208. The predicted molar refractivity (Wildman–Crippen MR) is 247 cm³/mol. The van der Waals surface area contributed by atoms with E-state index in [0.29, 0.717) is 10.9 Å². The molecular weight excluding hydrogens is 841 g/mol. The Hall–Kier alpha value is -7.12. The zero-order valence-electron chi connectivity index (χ0n) is 36.3. The SMILES string of the molecule is Cc1cc(=O)oc2cc(O[C@@H]3O[C@H](CO[Si](c4ccccc4)(c4ccccc4)C(C)(C)C)[C@H](OC(=O)c4ccccc4)[C@H](OC(=O)c4ccccc4)[C@H]3OC(=O)c3ccccc3)ccc12. The summed E-state index contributed by atoms with van der Waals surface area (Å²) in [4.78, 5) is 55.1. The predicted octanol–water partition coefficient (Wildman–Crippen LogP) is 8.46. The van der Waals surface area contributed by atoms with Gasteiger partial charge < -0.3 is 32.5 Å². The number of hydrogen-bond donors (Lipinski definition) is 0. The third kappa shape index (κ3) is 9.70. The number of fused-ring (bicyclic) bond motifs is 1. The monoisotopic (exact) mass is 888 g/mol. The molecule has 1 fully saturated rings. The molecule has 330 valence electrons. The first-order valence-corrected chi connectivity index (χ1v) is 23.2. The van der Waals surface area contributed by atoms with Gasteiger partial charge in [0.2, 0.25) is 12.4 Å². The minimum absolute atomic E-state index is 0.177. The summed E-state index contributed by atoms with van der Waals surface area (Å²) < 4.78 is 45.5. The van der Waals surface area contributed by atoms with Crippen LogP contribution in [0.4, 0.5) is 0 Å². The molecule has 6 aromatic carbocycles. The number of esters is 3. The van der Waals surface area contributed by atoms with Crippen molar-refractivity contribution >= 4 is 47.6 Å². The molecule has 1 aliphatic heterocycles. The van der Waals surface area contributed by atoms with Crippen molar-refractivity contribution in [3.63, 3.8) is 0 Å². The fourth-order valence-corrected chi connectivity index (χ4v) is 12.9. The largest absolute Gasteiger partial charge is 0.461 e. The van der Waals surface area contributed by atoms with Crippen LogP contribution in [0.1, 0.15) is 57.4 Å². The average molecular weight is 889 g/mol. The summed E-state index contributed by atoms with van der Waals surface area (Å²) >= 11 is 0. The van der Waals surface area contributed by atoms with Crippen LogP contribution in [0.2, 0.25) is 5.04 Å². The van der Waals surface area contributed by atoms with Crippen LogP contribution in [0.25, 0.3) is 11.0 Å². The van der Waals surface area contributed by atoms with E-state index in [1.165, 1.54) is 12.1 Å². The summed E-state index contributed by atoms with van der Waals surface area (Å²) in [6, 6.07) is 51.2. The Kier molecular flexibility index (Phi) is 13.2. The highest BCUT2D eigenvalue weighted by atomic mass is 28.4. The van der Waals surface area contributed by atoms with E-state index in [9.17, 15) is 19.2 Å². The summed E-state index contributed by atoms with van der Waals surface area (Å²) in [5.41, 5.74) is 0.996. The van der Waals surface area contributed by atoms with Crippen LogP contribution in [-0.4, -0.2) is 63.5 Å². The number of carbonyl (C=O) groups excluding carboxylic acids is 3. The van der Waals surface area contributed by atoms with Gasteiger partial charge >= 0.3 is 23.5 Å². The van der Waals surface area contributed by atoms with Gasteiger partial charge in [-0.3, -0.25) is 0 Å². The molecule has 0 N–H and O–H groups in total. The van der Waals surface area contributed by atoms with E-state index in [1.807, 2.05) is 60.7 Å². The lowest BCUT2D eigenvalue weighted by atomic mass is 9.97. The molecule has 0 unspecified atom stereocenters. The second-order valence-electron chi connectivity index (χ2n) is 16.7. The van der Waals surface area contributed by atoms with Crippen LogP contribution < -0.4 is 20.7 Å². The molecule has 0 saturated carbocycles. The molecule has 0 bridgehead atoms. The zero-order valence-corrected chi connectivity index (χ0v) is 37.3. The van der Waals surface area contributed by atoms with Crippen LogP contribution in [0.3, 0.4) is 0 Å². The minimum Gasteiger partial charge on any atom is -0.461 e. The summed E-state index contributed by atoms with van der Waals surface area (Å²) in [5.74, 6) is -2.14. The van der Waals surface area contributed by atoms with Crippen molar-refractivity contribution in [1.29, 1.82) is 0 Å². The number of rotatable bonds is 13. The first kappa shape index (κ1) is 44.5. The maximum absolute atomic E-state index is 14.3. The maximum atomic E-state index is 14.3. The van der Waals surface area contributed by atoms with Gasteiger partial charge in [-0.1, -0.05) is 136 Å². The Morgan fingerprint density at radius 3 is 1.49 bits per heavy atom. The molecule has 0 aliphatic carbocycles. The van der Waals surface area contributed by atoms with E-state index in [2.05, 4.69) is 20.8 Å². The maximum Gasteiger partial charge on any atom is 0.338 e. The Labute approximate surface area is 377 Å². The Morgan fingerprint density at radius 1 is 0.569 bits per heavy atom. The number of ether oxygens (including phenoxy) is 5. The number of aryl methyl sites for hydroxylation is 1. The van der Waals surface area contributed by atoms with Crippen molar-refractivity contribution in [1.82, 2.24) is 0 Å². The lowest BCUT2D eigenvalue weighted by Crippen LogP contribution is -2.69. The number of carbonyl (C=O) groups is 3. The van der Waals surface area contributed by atoms with Crippen molar-refractivity contribution in [2.75, 3.05) is 6.61 Å². The van der Waals surface area contributed by atoms with E-state index < -0.39 is 67.6 Å². The zero-order chi connectivity index (χ0) is 45.6. The van der Waals surface area contributed by atoms with Crippen LogP contribution >= 0.6 is 0 Å². The molecule has 1 aliphatic rings. The van der Waals surface area contributed by atoms with E-state index in [4.69, 9.17) is 32.5 Å². The molecule has 2 heterocycles. The molecule has 7 aromatic rings. The van der Waals surface area contributed by atoms with Crippen LogP contribution in [0.15, 0.2) is 185 Å². The van der Waals surface area contributed by atoms with Crippen molar-refractivity contribution < 1.29 is 46.9 Å². The van der Waals surface area contributed by atoms with Gasteiger partial charge in [0.15, 0.2) is 12.2 Å². The first-order valence-electron chi connectivity index (χ1n) is 21.3. The van der Waals surface area contributed by atoms with Crippen LogP contribution in [-0.2, 0) is 23.4 Å². The summed E-state index contributed by atoms with van der Waals surface area (Å²) in [5, 5.41) is 2.16. The molecule has 8 rings (SSSR count). The topological polar surface area (TPSA) is 137 Å². The van der Waals surface area contributed by atoms with Gasteiger partial charge in [0.05, 0.1) is 23.3 Å². The van der Waals surface area contributed by atoms with E-state index >= 15 is 0 Å². The second kappa shape index (κ2) is 19.3. The lowest BCUT2D eigenvalue weighted by Gasteiger charge is -2.47. The molecular formula is C53H48O11Si. The molecule has 0 radical (unpaired) electrons. The van der Waals surface area contributed by atoms with E-state index in [-0.39, 0.29) is 34.6 Å². The average Bonchev–Trinajstić information content (AvgIpc) is 3.32. The van der Waals surface area contributed by atoms with Crippen molar-refractivity contribution in [2.45, 2.75) is 63.4 Å². The summed E-state index contributed by atoms with van der Waals surface area (Å²) in [6.07, 6.45) is -7.29. The molecule has 1 aromatic heterocycles. The molecule has 0 amide bonds. The Bertz CT molecular complexity index is 2760. The molecule has 0 spiro atoms. The van der Waals surface area contributed by atoms with Gasteiger partial charge in [-0.05, 0) is 76.4 Å². The third-order valence-electron chi connectivity index (χ3n) is 11.4. The van der Waals surface area contributed by atoms with Gasteiger partial charge in [0.1, 0.15) is 17.4 Å². The highest BCUT2D eigenvalue weighted by Crippen LogP contribution is 2.39. The van der Waals surface area contributed by atoms with E-state index in [0.717, 1.165) is 10.4 Å². The quantitative estimate of drug-likeness (QED) is 0.0478. The second-order valence-corrected chi connectivity index (χ2v) is 21.1. The standard InChI is InChI=1S/C53H48O11Si/c1-35-32-45(54)60-43-33-39(30-31-42(35)43)59-52-48(64-51(57)38-24-14-7-15-25-38)47(63-50(56)37-22-12-6-13-23-37)46(62-49(55)36-20-10-5-11-21-36)44(61-52)34-58-65(53(2,3)4,40-26-16-8-17-27-40)41-28-18-9-19-29-41/h5-33,44,46-48,52H,34H2,1-4H3/t44-,46+,47+,48-,52-/m1/s1. The lowest BCUT2D eigenvalue weighted by molar-refractivity contribution is -0.274. The summed E-state index contributed by atoms with van der Waals surface area (Å²) in [6.45, 7) is 7.97. The highest BCUT2D eigenvalue weighted by molar-refractivity contribution is 6.99. The number of benzene rings is 6. The van der Waals surface area contributed by atoms with E-state index in [1.54, 1.807) is 110 Å². The van der Waals surface area contributed by atoms with Gasteiger partial charge in [-0.25, -0.2) is 19.2 Å². The molecule has 65 heavy (non-hydrogen) atoms. The van der Waals surface area contributed by atoms with Crippen molar-refractivity contribution in [3.8, 4) is 5.75 Å². The molecule has 11 nitrogen and oxygen atoms in total. The van der Waals surface area contributed by atoms with Crippen LogP contribution in [0.5, 0.6) is 5.75 Å². The Morgan fingerprint density at radius 2 is 1.02 bits per heavy atom. The fourth-order valence-electron chi connectivity index (χ4n) is 8.29. The Balaban J connectivity index is 1.29. The summed E-state index contributed by atoms with van der Waals surface area (Å²) in [7, 11) is -3.29. The number of hydrogen-bond acceptors (Lipinski definition) is 11. The molecule has 5 atom stereocenters. The molecule has 12 heteroatoms. The van der Waals surface area contributed by atoms with Gasteiger partial charge in [0, 0.05) is 17.5 Å². The van der Waals surface area contributed by atoms with Crippen molar-refractivity contribution in [2.24, 2.45) is 0 Å². The van der Waals surface area contributed by atoms with Gasteiger partial charge in [-0.15, -0.1) is 0 Å². The minimum atomic E-state index is -3.29.